The predicted octanol–water partition coefficient (Wildman–Crippen LogP) is 6.56. The standard InChI is InChI=1S/C25H45BO/c26-24-14-10-22(11-15-24)23-12-16-25(17-13-23)27-18-19-6-8-21(9-7-19)20-4-2-1-3-5-20/h19-25H,1-18,26H2. The lowest BCUT2D eigenvalue weighted by Gasteiger charge is -2.38. The zero-order chi connectivity index (χ0) is 18.5. The van der Waals surface area contributed by atoms with Gasteiger partial charge in [-0.1, -0.05) is 63.6 Å². The van der Waals surface area contributed by atoms with Crippen LogP contribution in [0.25, 0.3) is 0 Å². The number of hydrogen-bond acceptors (Lipinski definition) is 1. The van der Waals surface area contributed by atoms with Gasteiger partial charge in [-0.3, -0.25) is 0 Å². The van der Waals surface area contributed by atoms with Crippen molar-refractivity contribution in [3.05, 3.63) is 0 Å². The van der Waals surface area contributed by atoms with Crippen molar-refractivity contribution in [3.63, 3.8) is 0 Å². The summed E-state index contributed by atoms with van der Waals surface area (Å²) in [7, 11) is 2.45. The van der Waals surface area contributed by atoms with Crippen molar-refractivity contribution in [2.24, 2.45) is 29.6 Å². The average Bonchev–Trinajstić information content (AvgIpc) is 2.74. The van der Waals surface area contributed by atoms with E-state index in [1.54, 1.807) is 0 Å². The van der Waals surface area contributed by atoms with E-state index in [0.29, 0.717) is 6.10 Å². The van der Waals surface area contributed by atoms with E-state index in [1.807, 2.05) is 0 Å². The molecule has 0 unspecified atom stereocenters. The quantitative estimate of drug-likeness (QED) is 0.497. The first kappa shape index (κ1) is 20.3. The van der Waals surface area contributed by atoms with Crippen molar-refractivity contribution in [1.29, 1.82) is 0 Å². The third-order valence-corrected chi connectivity index (χ3v) is 9.22. The Morgan fingerprint density at radius 3 is 1.59 bits per heavy atom. The van der Waals surface area contributed by atoms with Crippen LogP contribution in [0.5, 0.6) is 0 Å². The minimum Gasteiger partial charge on any atom is -0.378 e. The third-order valence-electron chi connectivity index (χ3n) is 9.22. The van der Waals surface area contributed by atoms with Crippen LogP contribution in [0.2, 0.25) is 5.82 Å². The molecule has 4 rings (SSSR count). The molecule has 1 nitrogen and oxygen atoms in total. The van der Waals surface area contributed by atoms with Crippen LogP contribution in [0.4, 0.5) is 0 Å². The van der Waals surface area contributed by atoms with Gasteiger partial charge in [0.15, 0.2) is 0 Å². The van der Waals surface area contributed by atoms with Gasteiger partial charge in [-0.25, -0.2) is 0 Å². The van der Waals surface area contributed by atoms with E-state index in [1.165, 1.54) is 109 Å². The summed E-state index contributed by atoms with van der Waals surface area (Å²) in [6, 6.07) is 0. The first-order valence-electron chi connectivity index (χ1n) is 12.9. The summed E-state index contributed by atoms with van der Waals surface area (Å²) >= 11 is 0. The van der Waals surface area contributed by atoms with Crippen molar-refractivity contribution in [3.8, 4) is 0 Å². The first-order valence-corrected chi connectivity index (χ1v) is 12.9. The van der Waals surface area contributed by atoms with Crippen LogP contribution >= 0.6 is 0 Å². The molecule has 154 valence electrons. The zero-order valence-electron chi connectivity index (χ0n) is 18.2. The van der Waals surface area contributed by atoms with Crippen molar-refractivity contribution in [1.82, 2.24) is 0 Å². The largest absolute Gasteiger partial charge is 0.378 e. The van der Waals surface area contributed by atoms with Crippen LogP contribution in [0.3, 0.4) is 0 Å². The van der Waals surface area contributed by atoms with E-state index < -0.39 is 0 Å². The fourth-order valence-electron chi connectivity index (χ4n) is 7.19. The zero-order valence-corrected chi connectivity index (χ0v) is 18.2. The number of hydrogen-bond donors (Lipinski definition) is 0. The Balaban J connectivity index is 1.10. The van der Waals surface area contributed by atoms with Gasteiger partial charge in [0, 0.05) is 6.61 Å². The molecule has 4 aliphatic rings. The molecule has 0 aliphatic heterocycles. The third kappa shape index (κ3) is 5.77. The molecule has 0 aromatic rings. The lowest BCUT2D eigenvalue weighted by atomic mass is 9.66. The molecule has 2 heteroatoms. The van der Waals surface area contributed by atoms with E-state index in [4.69, 9.17) is 4.74 Å². The molecule has 0 aromatic carbocycles. The second kappa shape index (κ2) is 10.2. The number of rotatable bonds is 5. The highest BCUT2D eigenvalue weighted by molar-refractivity contribution is 6.11. The Kier molecular flexibility index (Phi) is 7.65. The van der Waals surface area contributed by atoms with Crippen LogP contribution in [0.15, 0.2) is 0 Å². The maximum atomic E-state index is 6.46. The second-order valence-corrected chi connectivity index (χ2v) is 11.1. The van der Waals surface area contributed by atoms with Crippen LogP contribution in [0.1, 0.15) is 109 Å². The molecule has 0 radical (unpaired) electrons. The molecule has 0 N–H and O–H groups in total. The highest BCUT2D eigenvalue weighted by Gasteiger charge is 2.32. The number of ether oxygens (including phenoxy) is 1. The maximum Gasteiger partial charge on any atom is 0.105 e. The summed E-state index contributed by atoms with van der Waals surface area (Å²) in [6.45, 7) is 1.08. The molecular formula is C25H45BO. The molecule has 0 heterocycles. The van der Waals surface area contributed by atoms with Crippen LogP contribution in [-0.2, 0) is 4.74 Å². The van der Waals surface area contributed by atoms with E-state index in [-0.39, 0.29) is 0 Å². The topological polar surface area (TPSA) is 9.23 Å². The molecule has 27 heavy (non-hydrogen) atoms. The molecule has 0 bridgehead atoms. The molecule has 0 aromatic heterocycles. The van der Waals surface area contributed by atoms with Crippen molar-refractivity contribution >= 4 is 7.85 Å². The van der Waals surface area contributed by atoms with Crippen LogP contribution in [0, 0.1) is 29.6 Å². The molecule has 0 saturated heterocycles. The molecule has 0 spiro atoms. The van der Waals surface area contributed by atoms with Crippen molar-refractivity contribution in [2.75, 3.05) is 6.61 Å². The molecule has 4 saturated carbocycles. The summed E-state index contributed by atoms with van der Waals surface area (Å²) in [6.07, 6.45) is 25.7. The monoisotopic (exact) mass is 372 g/mol. The van der Waals surface area contributed by atoms with Crippen LogP contribution in [-0.4, -0.2) is 20.6 Å². The first-order chi connectivity index (χ1) is 13.3. The summed E-state index contributed by atoms with van der Waals surface area (Å²) in [4.78, 5) is 0. The molecule has 0 amide bonds. The van der Waals surface area contributed by atoms with Gasteiger partial charge >= 0.3 is 0 Å². The predicted molar refractivity (Wildman–Crippen MR) is 118 cm³/mol. The highest BCUT2D eigenvalue weighted by atomic mass is 16.5. The molecule has 4 aliphatic carbocycles. The maximum absolute atomic E-state index is 6.46. The summed E-state index contributed by atoms with van der Waals surface area (Å²) < 4.78 is 6.46. The average molecular weight is 372 g/mol. The SMILES string of the molecule is BC1CCC(C2CCC(OCC3CCC(C4CCCCC4)CC3)CC2)CC1. The van der Waals surface area contributed by atoms with Gasteiger partial charge < -0.3 is 4.74 Å². The Hall–Kier alpha value is 0.0249. The summed E-state index contributed by atoms with van der Waals surface area (Å²) in [5, 5.41) is 0. The minimum absolute atomic E-state index is 0.597. The fraction of sp³-hybridized carbons (Fsp3) is 1.00. The highest BCUT2D eigenvalue weighted by Crippen LogP contribution is 2.42. The lowest BCUT2D eigenvalue weighted by molar-refractivity contribution is -0.0182. The molecule has 0 atom stereocenters. The Morgan fingerprint density at radius 2 is 1.00 bits per heavy atom. The van der Waals surface area contributed by atoms with E-state index in [2.05, 4.69) is 7.85 Å². The normalized spacial score (nSPS) is 42.1. The smallest absolute Gasteiger partial charge is 0.105 e. The van der Waals surface area contributed by atoms with E-state index >= 15 is 0 Å². The minimum atomic E-state index is 0.597. The lowest BCUT2D eigenvalue weighted by Crippen LogP contribution is -2.30. The van der Waals surface area contributed by atoms with Crippen LogP contribution < -0.4 is 0 Å². The van der Waals surface area contributed by atoms with Crippen molar-refractivity contribution < 1.29 is 4.74 Å². The van der Waals surface area contributed by atoms with Gasteiger partial charge in [-0.2, -0.15) is 0 Å². The fourth-order valence-corrected chi connectivity index (χ4v) is 7.19. The van der Waals surface area contributed by atoms with Gasteiger partial charge in [0.2, 0.25) is 0 Å². The van der Waals surface area contributed by atoms with Crippen molar-refractivity contribution in [2.45, 2.75) is 121 Å². The Morgan fingerprint density at radius 1 is 0.519 bits per heavy atom. The van der Waals surface area contributed by atoms with E-state index in [9.17, 15) is 0 Å². The summed E-state index contributed by atoms with van der Waals surface area (Å²) in [5.74, 6) is 6.10. The Labute approximate surface area is 170 Å². The van der Waals surface area contributed by atoms with Gasteiger partial charge in [-0.05, 0) is 81.0 Å². The van der Waals surface area contributed by atoms with Gasteiger partial charge in [0.1, 0.15) is 7.85 Å². The Bertz CT molecular complexity index is 408. The molecular weight excluding hydrogens is 327 g/mol. The van der Waals surface area contributed by atoms with Gasteiger partial charge in [0.05, 0.1) is 6.10 Å². The summed E-state index contributed by atoms with van der Waals surface area (Å²) in [5.41, 5.74) is 0. The van der Waals surface area contributed by atoms with Gasteiger partial charge in [-0.15, -0.1) is 0 Å². The van der Waals surface area contributed by atoms with Gasteiger partial charge in [0.25, 0.3) is 0 Å². The molecule has 4 fully saturated rings. The van der Waals surface area contributed by atoms with E-state index in [0.717, 1.165) is 42.0 Å². The second-order valence-electron chi connectivity index (χ2n) is 11.1.